The Morgan fingerprint density at radius 3 is 2.32 bits per heavy atom. The number of nitrogens with one attached hydrogen (secondary N) is 1. The van der Waals surface area contributed by atoms with E-state index in [0.717, 1.165) is 5.56 Å². The second-order valence-electron chi connectivity index (χ2n) is 5.56. The summed E-state index contributed by atoms with van der Waals surface area (Å²) in [4.78, 5) is 0. The van der Waals surface area contributed by atoms with E-state index in [1.807, 2.05) is 24.3 Å². The quantitative estimate of drug-likeness (QED) is 0.854. The number of benzene rings is 1. The summed E-state index contributed by atoms with van der Waals surface area (Å²) in [6.07, 6.45) is 0. The molecule has 1 N–H and O–H groups in total. The molecule has 19 heavy (non-hydrogen) atoms. The molecule has 2 rings (SSSR count). The highest BCUT2D eigenvalue weighted by atomic mass is 31.2. The summed E-state index contributed by atoms with van der Waals surface area (Å²) in [5.41, 5.74) is 0.629. The van der Waals surface area contributed by atoms with Crippen LogP contribution in [0.5, 0.6) is 5.75 Å². The second kappa shape index (κ2) is 4.93. The molecular weight excluding hydrogens is 261 g/mol. The van der Waals surface area contributed by atoms with Gasteiger partial charge in [0.05, 0.1) is 5.54 Å². The van der Waals surface area contributed by atoms with Crippen LogP contribution in [0.1, 0.15) is 33.3 Å². The van der Waals surface area contributed by atoms with Crippen LogP contribution in [0.15, 0.2) is 24.3 Å². The number of para-hydroxylation sites is 1. The van der Waals surface area contributed by atoms with Crippen molar-refractivity contribution in [3.8, 4) is 5.75 Å². The summed E-state index contributed by atoms with van der Waals surface area (Å²) >= 11 is 0. The molecule has 0 amide bonds. The summed E-state index contributed by atoms with van der Waals surface area (Å²) in [6, 6.07) is 7.74. The lowest BCUT2D eigenvalue weighted by Crippen LogP contribution is -2.52. The topological polar surface area (TPSA) is 47.6 Å². The van der Waals surface area contributed by atoms with Crippen molar-refractivity contribution in [2.75, 3.05) is 7.11 Å². The van der Waals surface area contributed by atoms with Gasteiger partial charge in [-0.2, -0.15) is 0 Å². The van der Waals surface area contributed by atoms with E-state index in [1.165, 1.54) is 7.11 Å². The van der Waals surface area contributed by atoms with E-state index < -0.39 is 13.3 Å². The van der Waals surface area contributed by atoms with Crippen molar-refractivity contribution >= 4 is 7.75 Å². The number of rotatable bonds is 3. The molecule has 0 aromatic heterocycles. The minimum absolute atomic E-state index is 0.251. The van der Waals surface area contributed by atoms with E-state index in [4.69, 9.17) is 9.05 Å². The largest absolute Gasteiger partial charge is 0.459 e. The van der Waals surface area contributed by atoms with Crippen molar-refractivity contribution < 1.29 is 13.6 Å². The highest BCUT2D eigenvalue weighted by Gasteiger charge is 2.50. The van der Waals surface area contributed by atoms with E-state index in [1.54, 1.807) is 0 Å². The van der Waals surface area contributed by atoms with Crippen LogP contribution >= 0.6 is 7.75 Å². The lowest BCUT2D eigenvalue weighted by atomic mass is 9.72. The fourth-order valence-corrected chi connectivity index (χ4v) is 4.68. The molecule has 0 spiro atoms. The third kappa shape index (κ3) is 2.22. The average Bonchev–Trinajstić information content (AvgIpc) is 2.37. The molecule has 0 bridgehead atoms. The summed E-state index contributed by atoms with van der Waals surface area (Å²) in [5.74, 6) is 1.15. The Kier molecular flexibility index (Phi) is 3.78. The summed E-state index contributed by atoms with van der Waals surface area (Å²) < 4.78 is 23.3. The van der Waals surface area contributed by atoms with Crippen LogP contribution in [0.4, 0.5) is 0 Å². The Bertz CT molecular complexity index is 505. The Morgan fingerprint density at radius 1 is 1.21 bits per heavy atom. The van der Waals surface area contributed by atoms with Crippen LogP contribution in [0.25, 0.3) is 0 Å². The van der Waals surface area contributed by atoms with E-state index in [9.17, 15) is 4.57 Å². The van der Waals surface area contributed by atoms with Crippen LogP contribution in [0, 0.1) is 11.8 Å². The fraction of sp³-hybridized carbons (Fsp3) is 0.571. The number of fused-ring (bicyclic) bond motifs is 1. The first-order valence-electron chi connectivity index (χ1n) is 6.60. The Hall–Kier alpha value is -0.830. The molecule has 0 saturated heterocycles. The first kappa shape index (κ1) is 14.6. The minimum atomic E-state index is -3.31. The van der Waals surface area contributed by atoms with Gasteiger partial charge in [0.1, 0.15) is 5.75 Å². The van der Waals surface area contributed by atoms with Crippen molar-refractivity contribution in [2.45, 2.75) is 33.2 Å². The van der Waals surface area contributed by atoms with Gasteiger partial charge in [0.2, 0.25) is 0 Å². The van der Waals surface area contributed by atoms with Gasteiger partial charge < -0.3 is 4.52 Å². The molecule has 1 atom stereocenters. The zero-order valence-corrected chi connectivity index (χ0v) is 13.0. The SMILES string of the molecule is COP1(=O)NC(C(C)C)(C(C)C)c2ccccc2O1. The van der Waals surface area contributed by atoms with Gasteiger partial charge in [0, 0.05) is 12.7 Å². The third-order valence-electron chi connectivity index (χ3n) is 3.93. The molecule has 1 aliphatic rings. The highest BCUT2D eigenvalue weighted by molar-refractivity contribution is 7.52. The van der Waals surface area contributed by atoms with Gasteiger partial charge in [0.15, 0.2) is 0 Å². The summed E-state index contributed by atoms with van der Waals surface area (Å²) in [6.45, 7) is 8.48. The fourth-order valence-electron chi connectivity index (χ4n) is 2.96. The molecule has 5 heteroatoms. The highest BCUT2D eigenvalue weighted by Crippen LogP contribution is 2.57. The first-order valence-corrected chi connectivity index (χ1v) is 8.14. The molecule has 1 aromatic rings. The molecule has 0 saturated carbocycles. The maximum atomic E-state index is 12.6. The molecule has 1 heterocycles. The van der Waals surface area contributed by atoms with Crippen molar-refractivity contribution in [3.63, 3.8) is 0 Å². The normalized spacial score (nSPS) is 25.2. The van der Waals surface area contributed by atoms with Gasteiger partial charge >= 0.3 is 7.75 Å². The molecule has 1 aliphatic heterocycles. The molecule has 4 nitrogen and oxygen atoms in total. The van der Waals surface area contributed by atoms with Gasteiger partial charge in [-0.25, -0.2) is 9.65 Å². The molecule has 0 radical (unpaired) electrons. The average molecular weight is 283 g/mol. The van der Waals surface area contributed by atoms with Gasteiger partial charge in [-0.15, -0.1) is 0 Å². The van der Waals surface area contributed by atoms with E-state index >= 15 is 0 Å². The zero-order valence-electron chi connectivity index (χ0n) is 12.1. The maximum absolute atomic E-state index is 12.6. The molecule has 0 aliphatic carbocycles. The summed E-state index contributed by atoms with van der Waals surface area (Å²) in [5, 5.41) is 3.16. The van der Waals surface area contributed by atoms with Gasteiger partial charge in [-0.1, -0.05) is 45.9 Å². The van der Waals surface area contributed by atoms with Crippen LogP contribution in [0.2, 0.25) is 0 Å². The molecular formula is C14H22NO3P. The van der Waals surface area contributed by atoms with Crippen LogP contribution in [-0.2, 0) is 14.6 Å². The van der Waals surface area contributed by atoms with Gasteiger partial charge in [-0.3, -0.25) is 4.52 Å². The third-order valence-corrected chi connectivity index (χ3v) is 5.50. The van der Waals surface area contributed by atoms with Crippen molar-refractivity contribution in [2.24, 2.45) is 11.8 Å². The standard InChI is InChI=1S/C14H22NO3P/c1-10(2)14(11(3)4)12-8-6-7-9-13(12)18-19(16,15-14)17-5/h6-11H,1-5H3,(H,15,16). The lowest BCUT2D eigenvalue weighted by Gasteiger charge is -2.47. The van der Waals surface area contributed by atoms with E-state index in [-0.39, 0.29) is 11.8 Å². The second-order valence-corrected chi connectivity index (χ2v) is 7.32. The predicted octanol–water partition coefficient (Wildman–Crippen LogP) is 3.93. The smallest absolute Gasteiger partial charge is 0.413 e. The molecule has 106 valence electrons. The minimum Gasteiger partial charge on any atom is -0.413 e. The molecule has 0 fully saturated rings. The Balaban J connectivity index is 2.68. The van der Waals surface area contributed by atoms with Crippen LogP contribution < -0.4 is 9.61 Å². The monoisotopic (exact) mass is 283 g/mol. The molecule has 1 aromatic carbocycles. The maximum Gasteiger partial charge on any atom is 0.459 e. The van der Waals surface area contributed by atoms with Crippen LogP contribution in [0.3, 0.4) is 0 Å². The Labute approximate surface area is 115 Å². The van der Waals surface area contributed by atoms with E-state index in [2.05, 4.69) is 32.8 Å². The predicted molar refractivity (Wildman–Crippen MR) is 76.2 cm³/mol. The molecule has 1 unspecified atom stereocenters. The summed E-state index contributed by atoms with van der Waals surface area (Å²) in [7, 11) is -1.90. The van der Waals surface area contributed by atoms with Crippen molar-refractivity contribution in [3.05, 3.63) is 29.8 Å². The van der Waals surface area contributed by atoms with Crippen molar-refractivity contribution in [1.29, 1.82) is 0 Å². The Morgan fingerprint density at radius 2 is 1.79 bits per heavy atom. The number of hydrogen-bond acceptors (Lipinski definition) is 3. The zero-order chi connectivity index (χ0) is 14.3. The van der Waals surface area contributed by atoms with Crippen molar-refractivity contribution in [1.82, 2.24) is 5.09 Å². The number of hydrogen-bond donors (Lipinski definition) is 1. The van der Waals surface area contributed by atoms with Gasteiger partial charge in [-0.05, 0) is 17.9 Å². The lowest BCUT2D eigenvalue weighted by molar-refractivity contribution is 0.156. The van der Waals surface area contributed by atoms with E-state index in [0.29, 0.717) is 5.75 Å². The first-order chi connectivity index (χ1) is 8.85. The van der Waals surface area contributed by atoms with Crippen LogP contribution in [-0.4, -0.2) is 7.11 Å². The van der Waals surface area contributed by atoms with Gasteiger partial charge in [0.25, 0.3) is 0 Å².